The van der Waals surface area contributed by atoms with Crippen LogP contribution in [0.25, 0.3) is 0 Å². The molecule has 0 spiro atoms. The van der Waals surface area contributed by atoms with Crippen molar-refractivity contribution in [1.82, 2.24) is 0 Å². The lowest BCUT2D eigenvalue weighted by Crippen LogP contribution is -2.41. The van der Waals surface area contributed by atoms with Crippen molar-refractivity contribution in [2.24, 2.45) is 5.92 Å². The zero-order chi connectivity index (χ0) is 14.2. The summed E-state index contributed by atoms with van der Waals surface area (Å²) in [5.74, 6) is 0.603. The molecule has 1 aliphatic heterocycles. The van der Waals surface area contributed by atoms with Crippen molar-refractivity contribution in [1.29, 1.82) is 0 Å². The number of benzene rings is 1. The van der Waals surface area contributed by atoms with Gasteiger partial charge in [0.05, 0.1) is 11.4 Å². The minimum atomic E-state index is -3.19. The Labute approximate surface area is 116 Å². The van der Waals surface area contributed by atoms with E-state index in [1.54, 1.807) is 4.31 Å². The molecule has 1 heterocycles. The van der Waals surface area contributed by atoms with Gasteiger partial charge in [-0.2, -0.15) is 0 Å². The average molecular weight is 281 g/mol. The van der Waals surface area contributed by atoms with Crippen LogP contribution in [-0.2, 0) is 16.4 Å². The Morgan fingerprint density at radius 3 is 2.53 bits per heavy atom. The van der Waals surface area contributed by atoms with Crippen LogP contribution in [0.3, 0.4) is 0 Å². The number of hydrogen-bond donors (Lipinski definition) is 0. The molecule has 2 rings (SSSR count). The van der Waals surface area contributed by atoms with Crippen LogP contribution in [-0.4, -0.2) is 20.7 Å². The highest BCUT2D eigenvalue weighted by molar-refractivity contribution is 7.92. The third kappa shape index (κ3) is 2.64. The number of fused-ring (bicyclic) bond motifs is 1. The summed E-state index contributed by atoms with van der Waals surface area (Å²) >= 11 is 0. The van der Waals surface area contributed by atoms with Crippen LogP contribution in [0.2, 0.25) is 0 Å². The van der Waals surface area contributed by atoms with Gasteiger partial charge < -0.3 is 0 Å². The highest BCUT2D eigenvalue weighted by Gasteiger charge is 2.31. The smallest absolute Gasteiger partial charge is 0.235 e. The van der Waals surface area contributed by atoms with Crippen molar-refractivity contribution in [2.45, 2.75) is 40.5 Å². The Kier molecular flexibility index (Phi) is 3.90. The van der Waals surface area contributed by atoms with Crippen molar-refractivity contribution in [3.63, 3.8) is 0 Å². The first-order valence-corrected chi connectivity index (χ1v) is 8.57. The van der Waals surface area contributed by atoms with E-state index in [2.05, 4.69) is 19.9 Å². The summed E-state index contributed by atoms with van der Waals surface area (Å²) in [6.07, 6.45) is 1.63. The van der Waals surface area contributed by atoms with Crippen LogP contribution in [0.4, 0.5) is 5.69 Å². The van der Waals surface area contributed by atoms with Crippen LogP contribution < -0.4 is 4.31 Å². The molecule has 0 N–H and O–H groups in total. The summed E-state index contributed by atoms with van der Waals surface area (Å²) in [4.78, 5) is 0. The molecular formula is C15H23NO2S. The fourth-order valence-corrected chi connectivity index (χ4v) is 4.62. The summed E-state index contributed by atoms with van der Waals surface area (Å²) in [6.45, 7) is 8.72. The molecule has 0 saturated heterocycles. The first-order chi connectivity index (χ1) is 8.86. The Bertz CT molecular complexity index is 578. The largest absolute Gasteiger partial charge is 0.269 e. The van der Waals surface area contributed by atoms with Gasteiger partial charge in [-0.1, -0.05) is 26.0 Å². The van der Waals surface area contributed by atoms with Crippen LogP contribution >= 0.6 is 0 Å². The van der Waals surface area contributed by atoms with Crippen LogP contribution in [0.5, 0.6) is 0 Å². The van der Waals surface area contributed by atoms with E-state index < -0.39 is 10.0 Å². The maximum absolute atomic E-state index is 12.5. The predicted molar refractivity (Wildman–Crippen MR) is 80.2 cm³/mol. The number of hydrogen-bond acceptors (Lipinski definition) is 2. The molecule has 1 atom stereocenters. The lowest BCUT2D eigenvalue weighted by atomic mass is 9.90. The molecule has 0 aromatic heterocycles. The van der Waals surface area contributed by atoms with E-state index in [1.165, 1.54) is 11.1 Å². The van der Waals surface area contributed by atoms with Gasteiger partial charge in [-0.05, 0) is 49.3 Å². The van der Waals surface area contributed by atoms with Gasteiger partial charge in [-0.15, -0.1) is 0 Å². The van der Waals surface area contributed by atoms with Gasteiger partial charge in [0.2, 0.25) is 10.0 Å². The fourth-order valence-electron chi connectivity index (χ4n) is 2.87. The van der Waals surface area contributed by atoms with E-state index in [-0.39, 0.29) is 5.75 Å². The second kappa shape index (κ2) is 5.16. The lowest BCUT2D eigenvalue weighted by Gasteiger charge is -2.36. The van der Waals surface area contributed by atoms with Gasteiger partial charge in [-0.3, -0.25) is 4.31 Å². The summed E-state index contributed by atoms with van der Waals surface area (Å²) in [5, 5.41) is 0. The summed E-state index contributed by atoms with van der Waals surface area (Å²) in [7, 11) is -3.19. The highest BCUT2D eigenvalue weighted by Crippen LogP contribution is 2.36. The molecule has 0 aliphatic carbocycles. The van der Waals surface area contributed by atoms with Crippen molar-refractivity contribution in [3.8, 4) is 0 Å². The summed E-state index contributed by atoms with van der Waals surface area (Å²) < 4.78 is 26.6. The number of sulfonamides is 1. The molecule has 3 nitrogen and oxygen atoms in total. The van der Waals surface area contributed by atoms with Crippen molar-refractivity contribution >= 4 is 15.7 Å². The Hall–Kier alpha value is -1.03. The first kappa shape index (κ1) is 14.4. The van der Waals surface area contributed by atoms with E-state index in [9.17, 15) is 8.42 Å². The Morgan fingerprint density at radius 1 is 1.26 bits per heavy atom. The molecule has 0 bridgehead atoms. The maximum Gasteiger partial charge on any atom is 0.235 e. The number of nitrogens with zero attached hydrogens (tertiary/aromatic N) is 1. The minimum absolute atomic E-state index is 0.229. The fraction of sp³-hybridized carbons (Fsp3) is 0.600. The number of anilines is 1. The normalized spacial score (nSPS) is 19.4. The summed E-state index contributed by atoms with van der Waals surface area (Å²) in [5.41, 5.74) is 4.40. The van der Waals surface area contributed by atoms with E-state index in [0.717, 1.165) is 17.7 Å². The van der Waals surface area contributed by atoms with E-state index in [0.29, 0.717) is 18.9 Å². The monoisotopic (exact) mass is 281 g/mol. The number of aryl methyl sites for hydroxylation is 2. The molecule has 1 aliphatic rings. The molecule has 0 fully saturated rings. The molecule has 0 amide bonds. The molecule has 1 aromatic carbocycles. The maximum atomic E-state index is 12.5. The van der Waals surface area contributed by atoms with Crippen molar-refractivity contribution in [3.05, 3.63) is 28.8 Å². The molecule has 0 radical (unpaired) electrons. The van der Waals surface area contributed by atoms with Crippen LogP contribution in [0.15, 0.2) is 12.1 Å². The Balaban J connectivity index is 2.59. The van der Waals surface area contributed by atoms with Gasteiger partial charge in [0.15, 0.2) is 0 Å². The standard InChI is InChI=1S/C15H23NO2S/c1-5-8-19(17,18)16-10-11(2)9-14-12(3)6-7-13(4)15(14)16/h6-7,11H,5,8-10H2,1-4H3. The van der Waals surface area contributed by atoms with Gasteiger partial charge in [0.25, 0.3) is 0 Å². The number of rotatable bonds is 3. The topological polar surface area (TPSA) is 37.4 Å². The zero-order valence-electron chi connectivity index (χ0n) is 12.2. The SMILES string of the molecule is CCCS(=O)(=O)N1CC(C)Cc2c(C)ccc(C)c21. The minimum Gasteiger partial charge on any atom is -0.269 e. The van der Waals surface area contributed by atoms with Gasteiger partial charge >= 0.3 is 0 Å². The molecule has 106 valence electrons. The van der Waals surface area contributed by atoms with Gasteiger partial charge in [0.1, 0.15) is 0 Å². The van der Waals surface area contributed by atoms with Crippen LogP contribution in [0.1, 0.15) is 37.0 Å². The van der Waals surface area contributed by atoms with Gasteiger partial charge in [0, 0.05) is 6.54 Å². The second-order valence-electron chi connectivity index (χ2n) is 5.68. The Morgan fingerprint density at radius 2 is 1.89 bits per heavy atom. The molecular weight excluding hydrogens is 258 g/mol. The molecule has 0 saturated carbocycles. The van der Waals surface area contributed by atoms with Crippen molar-refractivity contribution in [2.75, 3.05) is 16.6 Å². The molecule has 1 aromatic rings. The second-order valence-corrected chi connectivity index (χ2v) is 7.70. The van der Waals surface area contributed by atoms with Gasteiger partial charge in [-0.25, -0.2) is 8.42 Å². The third-order valence-corrected chi connectivity index (χ3v) is 5.72. The molecule has 4 heteroatoms. The lowest BCUT2D eigenvalue weighted by molar-refractivity contribution is 0.542. The zero-order valence-corrected chi connectivity index (χ0v) is 13.0. The summed E-state index contributed by atoms with van der Waals surface area (Å²) in [6, 6.07) is 4.12. The van der Waals surface area contributed by atoms with E-state index >= 15 is 0 Å². The quantitative estimate of drug-likeness (QED) is 0.854. The first-order valence-electron chi connectivity index (χ1n) is 6.96. The molecule has 19 heavy (non-hydrogen) atoms. The highest BCUT2D eigenvalue weighted by atomic mass is 32.2. The van der Waals surface area contributed by atoms with Crippen molar-refractivity contribution < 1.29 is 8.42 Å². The van der Waals surface area contributed by atoms with E-state index in [1.807, 2.05) is 19.9 Å². The van der Waals surface area contributed by atoms with E-state index in [4.69, 9.17) is 0 Å². The third-order valence-electron chi connectivity index (χ3n) is 3.80. The average Bonchev–Trinajstić information content (AvgIpc) is 2.33. The predicted octanol–water partition coefficient (Wildman–Crippen LogP) is 3.04. The molecule has 1 unspecified atom stereocenters. The van der Waals surface area contributed by atoms with Crippen LogP contribution in [0, 0.1) is 19.8 Å².